The molecule has 0 unspecified atom stereocenters. The summed E-state index contributed by atoms with van der Waals surface area (Å²) in [6, 6.07) is 11.3. The summed E-state index contributed by atoms with van der Waals surface area (Å²) in [5.41, 5.74) is -0.541. The summed E-state index contributed by atoms with van der Waals surface area (Å²) >= 11 is 5.67. The molecule has 1 N–H and O–H groups in total. The maximum Gasteiger partial charge on any atom is 0.294 e. The van der Waals surface area contributed by atoms with Crippen molar-refractivity contribution in [1.29, 1.82) is 0 Å². The molecule has 0 radical (unpaired) electrons. The predicted molar refractivity (Wildman–Crippen MR) is 77.5 cm³/mol. The third-order valence-electron chi connectivity index (χ3n) is 2.45. The van der Waals surface area contributed by atoms with Crippen LogP contribution in [0.2, 0.25) is 5.02 Å². The van der Waals surface area contributed by atoms with Gasteiger partial charge < -0.3 is 0 Å². The van der Waals surface area contributed by atoms with Crippen molar-refractivity contribution >= 4 is 33.0 Å². The summed E-state index contributed by atoms with van der Waals surface area (Å²) in [7, 11) is -3.88. The van der Waals surface area contributed by atoms with Crippen LogP contribution in [0.3, 0.4) is 0 Å². The van der Waals surface area contributed by atoms with Crippen molar-refractivity contribution in [3.8, 4) is 0 Å². The van der Waals surface area contributed by atoms with E-state index < -0.39 is 20.6 Å². The molecule has 8 heteroatoms. The van der Waals surface area contributed by atoms with Crippen LogP contribution in [0.15, 0.2) is 53.4 Å². The SMILES string of the molecule is O=[N+]([O-])c1cc(Cl)ccc1NS(=O)(=O)c1ccccc1.[HH]. The van der Waals surface area contributed by atoms with Crippen LogP contribution in [-0.4, -0.2) is 13.3 Å². The molecule has 106 valence electrons. The van der Waals surface area contributed by atoms with Crippen molar-refractivity contribution in [3.63, 3.8) is 0 Å². The summed E-state index contributed by atoms with van der Waals surface area (Å²) in [6.07, 6.45) is 0. The minimum Gasteiger partial charge on any atom is -0.273 e. The van der Waals surface area contributed by atoms with Crippen LogP contribution in [0.1, 0.15) is 1.43 Å². The molecule has 0 aliphatic rings. The van der Waals surface area contributed by atoms with Gasteiger partial charge in [0.2, 0.25) is 0 Å². The molecular weight excluding hydrogens is 304 g/mol. The molecule has 0 aromatic heterocycles. The highest BCUT2D eigenvalue weighted by Gasteiger charge is 2.20. The van der Waals surface area contributed by atoms with Gasteiger partial charge in [-0.1, -0.05) is 29.8 Å². The zero-order chi connectivity index (χ0) is 14.8. The molecule has 0 aliphatic carbocycles. The summed E-state index contributed by atoms with van der Waals surface area (Å²) in [4.78, 5) is 10.2. The van der Waals surface area contributed by atoms with Crippen LogP contribution in [0.5, 0.6) is 0 Å². The Kier molecular flexibility index (Phi) is 3.91. The van der Waals surface area contributed by atoms with E-state index in [0.29, 0.717) is 0 Å². The quantitative estimate of drug-likeness (QED) is 0.692. The first-order valence-electron chi connectivity index (χ1n) is 5.42. The topological polar surface area (TPSA) is 89.3 Å². The monoisotopic (exact) mass is 314 g/mol. The van der Waals surface area contributed by atoms with E-state index in [1.54, 1.807) is 18.2 Å². The van der Waals surface area contributed by atoms with Gasteiger partial charge in [-0.05, 0) is 24.3 Å². The maximum absolute atomic E-state index is 12.1. The molecule has 20 heavy (non-hydrogen) atoms. The van der Waals surface area contributed by atoms with Gasteiger partial charge in [-0.3, -0.25) is 14.8 Å². The number of rotatable bonds is 4. The van der Waals surface area contributed by atoms with Crippen LogP contribution >= 0.6 is 11.6 Å². The smallest absolute Gasteiger partial charge is 0.273 e. The Labute approximate surface area is 121 Å². The van der Waals surface area contributed by atoms with Gasteiger partial charge in [0, 0.05) is 12.5 Å². The van der Waals surface area contributed by atoms with Gasteiger partial charge >= 0.3 is 0 Å². The largest absolute Gasteiger partial charge is 0.294 e. The van der Waals surface area contributed by atoms with Crippen LogP contribution in [-0.2, 0) is 10.0 Å². The van der Waals surface area contributed by atoms with Crippen molar-refractivity contribution < 1.29 is 14.8 Å². The summed E-state index contributed by atoms with van der Waals surface area (Å²) in [5, 5.41) is 11.1. The Hall–Kier alpha value is -2.12. The molecule has 2 aromatic carbocycles. The zero-order valence-electron chi connectivity index (χ0n) is 9.99. The van der Waals surface area contributed by atoms with Crippen LogP contribution in [0, 0.1) is 10.1 Å². The number of sulfonamides is 1. The number of nitro benzene ring substituents is 1. The molecule has 2 aromatic rings. The zero-order valence-corrected chi connectivity index (χ0v) is 11.6. The minimum absolute atomic E-state index is 0. The molecule has 6 nitrogen and oxygen atoms in total. The molecule has 0 saturated heterocycles. The van der Waals surface area contributed by atoms with E-state index in [0.717, 1.165) is 6.07 Å². The lowest BCUT2D eigenvalue weighted by Gasteiger charge is -2.08. The van der Waals surface area contributed by atoms with Crippen molar-refractivity contribution in [2.24, 2.45) is 0 Å². The van der Waals surface area contributed by atoms with Crippen molar-refractivity contribution in [2.75, 3.05) is 4.72 Å². The lowest BCUT2D eigenvalue weighted by molar-refractivity contribution is -0.383. The van der Waals surface area contributed by atoms with E-state index in [1.165, 1.54) is 24.3 Å². The number of halogens is 1. The Balaban J connectivity index is 0.00000220. The molecular formula is C12H11ClN2O4S. The van der Waals surface area contributed by atoms with Crippen LogP contribution < -0.4 is 4.72 Å². The van der Waals surface area contributed by atoms with E-state index in [1.807, 2.05) is 0 Å². The van der Waals surface area contributed by atoms with Crippen molar-refractivity contribution in [2.45, 2.75) is 4.90 Å². The van der Waals surface area contributed by atoms with Crippen LogP contribution in [0.25, 0.3) is 0 Å². The number of hydrogen-bond acceptors (Lipinski definition) is 4. The fourth-order valence-corrected chi connectivity index (χ4v) is 2.81. The molecule has 0 aliphatic heterocycles. The van der Waals surface area contributed by atoms with E-state index in [-0.39, 0.29) is 17.0 Å². The Bertz CT molecular complexity index is 753. The van der Waals surface area contributed by atoms with Gasteiger partial charge in [-0.25, -0.2) is 8.42 Å². The highest BCUT2D eigenvalue weighted by atomic mass is 35.5. The molecule has 0 saturated carbocycles. The lowest BCUT2D eigenvalue weighted by Crippen LogP contribution is -2.13. The fraction of sp³-hybridized carbons (Fsp3) is 0. The molecule has 0 amide bonds. The highest BCUT2D eigenvalue weighted by Crippen LogP contribution is 2.29. The fourth-order valence-electron chi connectivity index (χ4n) is 1.55. The predicted octanol–water partition coefficient (Wildman–Crippen LogP) is 3.30. The van der Waals surface area contributed by atoms with Gasteiger partial charge in [0.25, 0.3) is 15.7 Å². The lowest BCUT2D eigenvalue weighted by atomic mass is 10.3. The van der Waals surface area contributed by atoms with Crippen LogP contribution in [0.4, 0.5) is 11.4 Å². The molecule has 0 spiro atoms. The van der Waals surface area contributed by atoms with Gasteiger partial charge in [0.1, 0.15) is 5.69 Å². The number of benzene rings is 2. The van der Waals surface area contributed by atoms with E-state index >= 15 is 0 Å². The first-order chi connectivity index (χ1) is 9.40. The van der Waals surface area contributed by atoms with Gasteiger partial charge in [0.15, 0.2) is 0 Å². The number of anilines is 1. The average molecular weight is 315 g/mol. The van der Waals surface area contributed by atoms with Crippen molar-refractivity contribution in [1.82, 2.24) is 0 Å². The third kappa shape index (κ3) is 3.06. The molecule has 0 heterocycles. The summed E-state index contributed by atoms with van der Waals surface area (Å²) in [6.45, 7) is 0. The van der Waals surface area contributed by atoms with Crippen molar-refractivity contribution in [3.05, 3.63) is 63.7 Å². The first kappa shape index (κ1) is 14.3. The average Bonchev–Trinajstić information content (AvgIpc) is 2.41. The second kappa shape index (κ2) is 5.48. The minimum atomic E-state index is -3.88. The third-order valence-corrected chi connectivity index (χ3v) is 4.07. The summed E-state index contributed by atoms with van der Waals surface area (Å²) in [5.74, 6) is 0. The Morgan fingerprint density at radius 3 is 2.40 bits per heavy atom. The molecule has 0 bridgehead atoms. The molecule has 2 rings (SSSR count). The van der Waals surface area contributed by atoms with Gasteiger partial charge in [-0.15, -0.1) is 0 Å². The van der Waals surface area contributed by atoms with E-state index in [2.05, 4.69) is 4.72 Å². The summed E-state index contributed by atoms with van der Waals surface area (Å²) < 4.78 is 26.4. The maximum atomic E-state index is 12.1. The number of nitrogens with one attached hydrogen (secondary N) is 1. The number of hydrogen-bond donors (Lipinski definition) is 1. The number of nitrogens with zero attached hydrogens (tertiary/aromatic N) is 1. The van der Waals surface area contributed by atoms with E-state index in [9.17, 15) is 18.5 Å². The molecule has 0 fully saturated rings. The first-order valence-corrected chi connectivity index (χ1v) is 7.28. The van der Waals surface area contributed by atoms with Gasteiger partial charge in [0.05, 0.1) is 9.82 Å². The Morgan fingerprint density at radius 2 is 1.80 bits per heavy atom. The second-order valence-electron chi connectivity index (χ2n) is 3.84. The molecule has 0 atom stereocenters. The number of nitro groups is 1. The van der Waals surface area contributed by atoms with Gasteiger partial charge in [-0.2, -0.15) is 0 Å². The highest BCUT2D eigenvalue weighted by molar-refractivity contribution is 7.92. The second-order valence-corrected chi connectivity index (χ2v) is 5.96. The standard InChI is InChI=1S/C12H9ClN2O4S.H2/c13-9-6-7-11(12(8-9)15(16)17)14-20(18,19)10-4-2-1-3-5-10;/h1-8,14H;1H. The Morgan fingerprint density at radius 1 is 1.15 bits per heavy atom. The normalized spacial score (nSPS) is 11.1. The van der Waals surface area contributed by atoms with E-state index in [4.69, 9.17) is 11.6 Å².